The van der Waals surface area contributed by atoms with Crippen LogP contribution < -0.4 is 0 Å². The van der Waals surface area contributed by atoms with Crippen molar-refractivity contribution in [3.05, 3.63) is 76.4 Å². The summed E-state index contributed by atoms with van der Waals surface area (Å²) in [4.78, 5) is 6.01. The number of H-pyrrole nitrogens is 1. The molecule has 2 atom stereocenters. The molecule has 4 rings (SSSR count). The lowest BCUT2D eigenvalue weighted by Gasteiger charge is -2.15. The lowest BCUT2D eigenvalue weighted by atomic mass is 9.90. The predicted molar refractivity (Wildman–Crippen MR) is 116 cm³/mol. The Labute approximate surface area is 181 Å². The number of halogens is 1. The summed E-state index contributed by atoms with van der Waals surface area (Å²) in [5.41, 5.74) is 5.41. The number of aromatic nitrogens is 4. The van der Waals surface area contributed by atoms with Gasteiger partial charge in [0.25, 0.3) is 0 Å². The molecule has 0 aliphatic heterocycles. The van der Waals surface area contributed by atoms with Gasteiger partial charge in [-0.3, -0.25) is 4.21 Å². The van der Waals surface area contributed by atoms with Crippen molar-refractivity contribution in [1.29, 1.82) is 0 Å². The van der Waals surface area contributed by atoms with Crippen LogP contribution in [0.3, 0.4) is 0 Å². The Balaban J connectivity index is 1.51. The molecule has 0 bridgehead atoms. The van der Waals surface area contributed by atoms with E-state index >= 15 is 0 Å². The van der Waals surface area contributed by atoms with Crippen molar-refractivity contribution in [2.45, 2.75) is 37.2 Å². The highest BCUT2D eigenvalue weighted by atomic mass is 32.2. The fourth-order valence-electron chi connectivity index (χ4n) is 3.86. The van der Waals surface area contributed by atoms with Gasteiger partial charge in [0, 0.05) is 40.5 Å². The SMILES string of the molecule is CC1=C(CC=NOCc2nn[nH]n2)c2cc(F)ccc2C1Cc1ccc(S(C)=O)cc1. The second-order valence-electron chi connectivity index (χ2n) is 7.34. The van der Waals surface area contributed by atoms with Crippen molar-refractivity contribution < 1.29 is 13.4 Å². The molecule has 3 aromatic rings. The van der Waals surface area contributed by atoms with Crippen LogP contribution in [0.25, 0.3) is 5.57 Å². The van der Waals surface area contributed by atoms with E-state index in [4.69, 9.17) is 4.84 Å². The molecule has 1 heterocycles. The molecule has 0 radical (unpaired) electrons. The molecule has 0 saturated heterocycles. The highest BCUT2D eigenvalue weighted by Gasteiger charge is 2.28. The Bertz CT molecular complexity index is 1140. The lowest BCUT2D eigenvalue weighted by Crippen LogP contribution is -2.02. The predicted octanol–water partition coefficient (Wildman–Crippen LogP) is 3.78. The van der Waals surface area contributed by atoms with Gasteiger partial charge in [-0.05, 0) is 59.9 Å². The Hall–Kier alpha value is -3.20. The largest absolute Gasteiger partial charge is 0.388 e. The van der Waals surface area contributed by atoms with Crippen LogP contribution in [0.4, 0.5) is 4.39 Å². The summed E-state index contributed by atoms with van der Waals surface area (Å²) in [5.74, 6) is 0.306. The first-order chi connectivity index (χ1) is 15.0. The summed E-state index contributed by atoms with van der Waals surface area (Å²) in [6, 6.07) is 12.8. The average molecular weight is 440 g/mol. The third kappa shape index (κ3) is 4.77. The molecule has 1 aliphatic carbocycles. The molecule has 0 spiro atoms. The molecule has 0 amide bonds. The summed E-state index contributed by atoms with van der Waals surface area (Å²) < 4.78 is 25.6. The van der Waals surface area contributed by atoms with Crippen LogP contribution in [0.2, 0.25) is 0 Å². The van der Waals surface area contributed by atoms with Gasteiger partial charge in [-0.25, -0.2) is 4.39 Å². The monoisotopic (exact) mass is 439 g/mol. The fourth-order valence-corrected chi connectivity index (χ4v) is 4.38. The molecule has 0 saturated carbocycles. The normalized spacial score (nSPS) is 16.7. The number of tetrazole rings is 1. The quantitative estimate of drug-likeness (QED) is 0.426. The van der Waals surface area contributed by atoms with Crippen molar-refractivity contribution in [2.24, 2.45) is 5.16 Å². The Morgan fingerprint density at radius 1 is 1.26 bits per heavy atom. The van der Waals surface area contributed by atoms with Gasteiger partial charge in [-0.2, -0.15) is 5.21 Å². The van der Waals surface area contributed by atoms with Gasteiger partial charge >= 0.3 is 0 Å². The first-order valence-corrected chi connectivity index (χ1v) is 11.4. The first kappa shape index (κ1) is 21.0. The minimum atomic E-state index is -0.999. The second kappa shape index (κ2) is 9.30. The van der Waals surface area contributed by atoms with Crippen molar-refractivity contribution in [3.63, 3.8) is 0 Å². The molecular formula is C22H22FN5O2S. The number of fused-ring (bicyclic) bond motifs is 1. The maximum atomic E-state index is 14.0. The summed E-state index contributed by atoms with van der Waals surface area (Å²) >= 11 is 0. The van der Waals surface area contributed by atoms with E-state index < -0.39 is 10.8 Å². The Kier molecular flexibility index (Phi) is 6.31. The van der Waals surface area contributed by atoms with Crippen molar-refractivity contribution in [2.75, 3.05) is 6.26 Å². The third-order valence-electron chi connectivity index (χ3n) is 5.44. The van der Waals surface area contributed by atoms with Crippen LogP contribution >= 0.6 is 0 Å². The molecular weight excluding hydrogens is 417 g/mol. The third-order valence-corrected chi connectivity index (χ3v) is 6.37. The molecule has 9 heteroatoms. The van der Waals surface area contributed by atoms with Crippen LogP contribution in [-0.4, -0.2) is 37.3 Å². The van der Waals surface area contributed by atoms with Gasteiger partial charge in [0.15, 0.2) is 6.61 Å². The number of allylic oxidation sites excluding steroid dienone is 2. The van der Waals surface area contributed by atoms with Crippen molar-refractivity contribution >= 4 is 22.6 Å². The lowest BCUT2D eigenvalue weighted by molar-refractivity contribution is 0.126. The van der Waals surface area contributed by atoms with E-state index in [-0.39, 0.29) is 18.3 Å². The molecule has 7 nitrogen and oxygen atoms in total. The van der Waals surface area contributed by atoms with E-state index in [1.807, 2.05) is 30.3 Å². The maximum Gasteiger partial charge on any atom is 0.214 e. The summed E-state index contributed by atoms with van der Waals surface area (Å²) in [6.07, 6.45) is 4.65. The molecule has 31 heavy (non-hydrogen) atoms. The number of aromatic amines is 1. The minimum Gasteiger partial charge on any atom is -0.388 e. The standard InChI is InChI=1S/C22H22FN5O2S/c1-14-18(9-10-24-30-13-22-25-27-28-26-22)21-12-16(23)5-8-19(21)20(14)11-15-3-6-17(7-4-15)31(2)29/h3-8,10,12,20H,9,11,13H2,1-2H3,(H,25,26,27,28). The second-order valence-corrected chi connectivity index (χ2v) is 8.72. The highest BCUT2D eigenvalue weighted by molar-refractivity contribution is 7.84. The zero-order chi connectivity index (χ0) is 21.8. The number of rotatable bonds is 8. The van der Waals surface area contributed by atoms with E-state index in [2.05, 4.69) is 32.7 Å². The number of oxime groups is 1. The fraction of sp³-hybridized carbons (Fsp3) is 0.273. The number of nitrogens with zero attached hydrogens (tertiary/aromatic N) is 4. The number of hydrogen-bond donors (Lipinski definition) is 1. The van der Waals surface area contributed by atoms with E-state index in [1.54, 1.807) is 18.5 Å². The van der Waals surface area contributed by atoms with Crippen LogP contribution in [0, 0.1) is 5.82 Å². The molecule has 1 N–H and O–H groups in total. The summed E-state index contributed by atoms with van der Waals surface area (Å²) in [6.45, 7) is 2.21. The number of hydrogen-bond acceptors (Lipinski definition) is 6. The zero-order valence-corrected chi connectivity index (χ0v) is 18.0. The smallest absolute Gasteiger partial charge is 0.214 e. The van der Waals surface area contributed by atoms with Crippen molar-refractivity contribution in [1.82, 2.24) is 20.6 Å². The van der Waals surface area contributed by atoms with Crippen LogP contribution in [0.5, 0.6) is 0 Å². The van der Waals surface area contributed by atoms with Crippen LogP contribution in [-0.2, 0) is 28.7 Å². The molecule has 160 valence electrons. The van der Waals surface area contributed by atoms with Crippen LogP contribution in [0.1, 0.15) is 41.8 Å². The highest BCUT2D eigenvalue weighted by Crippen LogP contribution is 2.44. The average Bonchev–Trinajstić information content (AvgIpc) is 3.36. The van der Waals surface area contributed by atoms with Gasteiger partial charge in [0.2, 0.25) is 5.82 Å². The molecule has 1 aromatic heterocycles. The molecule has 1 aliphatic rings. The topological polar surface area (TPSA) is 93.1 Å². The van der Waals surface area contributed by atoms with Crippen molar-refractivity contribution in [3.8, 4) is 0 Å². The first-order valence-electron chi connectivity index (χ1n) is 9.81. The van der Waals surface area contributed by atoms with Crippen LogP contribution in [0.15, 0.2) is 58.1 Å². The maximum absolute atomic E-state index is 14.0. The van der Waals surface area contributed by atoms with E-state index in [1.165, 1.54) is 11.6 Å². The Morgan fingerprint density at radius 3 is 2.77 bits per heavy atom. The molecule has 2 unspecified atom stereocenters. The molecule has 2 aromatic carbocycles. The van der Waals surface area contributed by atoms with Gasteiger partial charge in [-0.1, -0.05) is 34.1 Å². The number of nitrogens with one attached hydrogen (secondary N) is 1. The van der Waals surface area contributed by atoms with Gasteiger partial charge in [0.1, 0.15) is 5.82 Å². The minimum absolute atomic E-state index is 0.122. The van der Waals surface area contributed by atoms with E-state index in [9.17, 15) is 8.60 Å². The number of benzene rings is 2. The zero-order valence-electron chi connectivity index (χ0n) is 17.2. The Morgan fingerprint density at radius 2 is 2.06 bits per heavy atom. The summed E-state index contributed by atoms with van der Waals surface area (Å²) in [7, 11) is -0.999. The summed E-state index contributed by atoms with van der Waals surface area (Å²) in [5, 5.41) is 17.4. The van der Waals surface area contributed by atoms with Gasteiger partial charge in [0.05, 0.1) is 0 Å². The van der Waals surface area contributed by atoms with E-state index in [0.29, 0.717) is 12.2 Å². The van der Waals surface area contributed by atoms with Gasteiger partial charge in [-0.15, -0.1) is 10.2 Å². The van der Waals surface area contributed by atoms with E-state index in [0.717, 1.165) is 33.6 Å². The molecule has 0 fully saturated rings. The van der Waals surface area contributed by atoms with Gasteiger partial charge < -0.3 is 4.84 Å².